The fraction of sp³-hybridized carbons (Fsp3) is 0.0870. The number of amides is 1. The minimum Gasteiger partial charge on any atom is -0.497 e. The summed E-state index contributed by atoms with van der Waals surface area (Å²) in [6, 6.07) is 20.9. The van der Waals surface area contributed by atoms with Crippen molar-refractivity contribution >= 4 is 28.2 Å². The standard InChI is InChI=1S/C23H20N4O2/c1-29-19-10-7-16(8-11-19)14-25-18-9-12-21(26-15-18)23(28)27-20-6-2-4-17-5-3-13-24-22(17)20/h2-13,15,25H,14H2,1H3,(H,27,28). The summed E-state index contributed by atoms with van der Waals surface area (Å²) in [6.07, 6.45) is 3.36. The first-order chi connectivity index (χ1) is 14.2. The Hall–Kier alpha value is -3.93. The predicted octanol–water partition coefficient (Wildman–Crippen LogP) is 4.50. The van der Waals surface area contributed by atoms with Crippen LogP contribution in [0.4, 0.5) is 11.4 Å². The molecule has 0 aliphatic carbocycles. The zero-order valence-corrected chi connectivity index (χ0v) is 15.9. The number of pyridine rings is 2. The van der Waals surface area contributed by atoms with Crippen molar-refractivity contribution in [2.24, 2.45) is 0 Å². The molecule has 0 fully saturated rings. The number of carbonyl (C=O) groups is 1. The average molecular weight is 384 g/mol. The van der Waals surface area contributed by atoms with Crippen LogP contribution in [0.5, 0.6) is 5.75 Å². The third-order valence-corrected chi connectivity index (χ3v) is 4.53. The van der Waals surface area contributed by atoms with Crippen molar-refractivity contribution in [2.45, 2.75) is 6.54 Å². The van der Waals surface area contributed by atoms with E-state index < -0.39 is 0 Å². The third kappa shape index (κ3) is 4.32. The van der Waals surface area contributed by atoms with Gasteiger partial charge in [-0.1, -0.05) is 30.3 Å². The molecule has 6 heteroatoms. The van der Waals surface area contributed by atoms with Crippen LogP contribution >= 0.6 is 0 Å². The molecule has 2 heterocycles. The van der Waals surface area contributed by atoms with Gasteiger partial charge in [-0.05, 0) is 42.0 Å². The Morgan fingerprint density at radius 2 is 1.79 bits per heavy atom. The van der Waals surface area contributed by atoms with Crippen LogP contribution < -0.4 is 15.4 Å². The summed E-state index contributed by atoms with van der Waals surface area (Å²) in [4.78, 5) is 21.2. The van der Waals surface area contributed by atoms with Gasteiger partial charge in [-0.2, -0.15) is 0 Å². The SMILES string of the molecule is COc1ccc(CNc2ccc(C(=O)Nc3cccc4cccnc34)nc2)cc1. The van der Waals surface area contributed by atoms with Crippen LogP contribution in [0.25, 0.3) is 10.9 Å². The zero-order chi connectivity index (χ0) is 20.1. The maximum Gasteiger partial charge on any atom is 0.274 e. The first-order valence-electron chi connectivity index (χ1n) is 9.21. The van der Waals surface area contributed by atoms with Crippen molar-refractivity contribution in [3.8, 4) is 5.75 Å². The molecule has 0 atom stereocenters. The Morgan fingerprint density at radius 1 is 0.966 bits per heavy atom. The lowest BCUT2D eigenvalue weighted by Gasteiger charge is -2.09. The number of anilines is 2. The van der Waals surface area contributed by atoms with Crippen LogP contribution in [0.3, 0.4) is 0 Å². The second-order valence-electron chi connectivity index (χ2n) is 6.47. The predicted molar refractivity (Wildman–Crippen MR) is 114 cm³/mol. The van der Waals surface area contributed by atoms with Crippen molar-refractivity contribution in [3.63, 3.8) is 0 Å². The van der Waals surface area contributed by atoms with Gasteiger partial charge in [0.2, 0.25) is 0 Å². The second-order valence-corrected chi connectivity index (χ2v) is 6.47. The van der Waals surface area contributed by atoms with E-state index in [2.05, 4.69) is 20.6 Å². The molecular weight excluding hydrogens is 364 g/mol. The number of aromatic nitrogens is 2. The average Bonchev–Trinajstić information content (AvgIpc) is 2.78. The molecule has 0 spiro atoms. The molecule has 0 aliphatic rings. The van der Waals surface area contributed by atoms with E-state index in [1.807, 2.05) is 60.7 Å². The molecular formula is C23H20N4O2. The highest BCUT2D eigenvalue weighted by Gasteiger charge is 2.10. The molecule has 1 amide bonds. The number of fused-ring (bicyclic) bond motifs is 1. The van der Waals surface area contributed by atoms with Gasteiger partial charge in [-0.3, -0.25) is 9.78 Å². The number of hydrogen-bond donors (Lipinski definition) is 2. The number of nitrogens with one attached hydrogen (secondary N) is 2. The number of rotatable bonds is 6. The molecule has 0 saturated heterocycles. The lowest BCUT2D eigenvalue weighted by Crippen LogP contribution is -2.14. The van der Waals surface area contributed by atoms with E-state index in [-0.39, 0.29) is 5.91 Å². The van der Waals surface area contributed by atoms with Gasteiger partial charge in [-0.25, -0.2) is 4.98 Å². The third-order valence-electron chi connectivity index (χ3n) is 4.53. The monoisotopic (exact) mass is 384 g/mol. The number of ether oxygens (including phenoxy) is 1. The second kappa shape index (κ2) is 8.39. The van der Waals surface area contributed by atoms with Gasteiger partial charge in [0.25, 0.3) is 5.91 Å². The number of para-hydroxylation sites is 1. The Balaban J connectivity index is 1.41. The molecule has 0 bridgehead atoms. The van der Waals surface area contributed by atoms with Gasteiger partial charge >= 0.3 is 0 Å². The van der Waals surface area contributed by atoms with Gasteiger partial charge < -0.3 is 15.4 Å². The van der Waals surface area contributed by atoms with Crippen molar-refractivity contribution in [3.05, 3.63) is 90.4 Å². The summed E-state index contributed by atoms with van der Waals surface area (Å²) in [5.74, 6) is 0.553. The molecule has 0 unspecified atom stereocenters. The van der Waals surface area contributed by atoms with E-state index in [0.717, 1.165) is 27.9 Å². The van der Waals surface area contributed by atoms with E-state index in [1.54, 1.807) is 25.6 Å². The van der Waals surface area contributed by atoms with Gasteiger partial charge in [0.1, 0.15) is 11.4 Å². The Morgan fingerprint density at radius 3 is 2.55 bits per heavy atom. The molecule has 0 radical (unpaired) electrons. The van der Waals surface area contributed by atoms with E-state index >= 15 is 0 Å². The largest absolute Gasteiger partial charge is 0.497 e. The highest BCUT2D eigenvalue weighted by Crippen LogP contribution is 2.21. The van der Waals surface area contributed by atoms with E-state index in [0.29, 0.717) is 17.9 Å². The molecule has 0 aliphatic heterocycles. The van der Waals surface area contributed by atoms with Crippen LogP contribution in [-0.4, -0.2) is 23.0 Å². The maximum absolute atomic E-state index is 12.6. The Kier molecular flexibility index (Phi) is 5.33. The van der Waals surface area contributed by atoms with Crippen LogP contribution in [-0.2, 0) is 6.54 Å². The smallest absolute Gasteiger partial charge is 0.274 e. The lowest BCUT2D eigenvalue weighted by molar-refractivity contribution is 0.102. The van der Waals surface area contributed by atoms with Gasteiger partial charge in [0.15, 0.2) is 0 Å². The molecule has 4 rings (SSSR count). The van der Waals surface area contributed by atoms with Gasteiger partial charge in [-0.15, -0.1) is 0 Å². The van der Waals surface area contributed by atoms with Crippen molar-refractivity contribution in [1.29, 1.82) is 0 Å². The molecule has 2 N–H and O–H groups in total. The highest BCUT2D eigenvalue weighted by atomic mass is 16.5. The summed E-state index contributed by atoms with van der Waals surface area (Å²) in [7, 11) is 1.65. The number of carbonyl (C=O) groups excluding carboxylic acids is 1. The molecule has 2 aromatic heterocycles. The highest BCUT2D eigenvalue weighted by molar-refractivity contribution is 6.07. The summed E-state index contributed by atoms with van der Waals surface area (Å²) in [5, 5.41) is 7.16. The summed E-state index contributed by atoms with van der Waals surface area (Å²) in [5.41, 5.74) is 3.71. The zero-order valence-electron chi connectivity index (χ0n) is 15.9. The van der Waals surface area contributed by atoms with Gasteiger partial charge in [0.05, 0.1) is 30.2 Å². The first kappa shape index (κ1) is 18.4. The van der Waals surface area contributed by atoms with Crippen molar-refractivity contribution in [1.82, 2.24) is 9.97 Å². The van der Waals surface area contributed by atoms with Crippen LogP contribution in [0.1, 0.15) is 16.1 Å². The fourth-order valence-corrected chi connectivity index (χ4v) is 2.97. The first-order valence-corrected chi connectivity index (χ1v) is 9.21. The van der Waals surface area contributed by atoms with E-state index in [1.165, 1.54) is 0 Å². The van der Waals surface area contributed by atoms with Crippen LogP contribution in [0.15, 0.2) is 79.1 Å². The number of hydrogen-bond acceptors (Lipinski definition) is 5. The summed E-state index contributed by atoms with van der Waals surface area (Å²) in [6.45, 7) is 0.652. The molecule has 2 aromatic carbocycles. The Bertz CT molecular complexity index is 1120. The summed E-state index contributed by atoms with van der Waals surface area (Å²) >= 11 is 0. The lowest BCUT2D eigenvalue weighted by atomic mass is 10.2. The molecule has 6 nitrogen and oxygen atoms in total. The molecule has 29 heavy (non-hydrogen) atoms. The summed E-state index contributed by atoms with van der Waals surface area (Å²) < 4.78 is 5.16. The van der Waals surface area contributed by atoms with Crippen LogP contribution in [0, 0.1) is 0 Å². The maximum atomic E-state index is 12.6. The Labute approximate surface area is 168 Å². The van der Waals surface area contributed by atoms with Crippen molar-refractivity contribution < 1.29 is 9.53 Å². The number of benzene rings is 2. The van der Waals surface area contributed by atoms with E-state index in [9.17, 15) is 4.79 Å². The quantitative estimate of drug-likeness (QED) is 0.512. The minimum absolute atomic E-state index is 0.273. The fourth-order valence-electron chi connectivity index (χ4n) is 2.97. The normalized spacial score (nSPS) is 10.5. The minimum atomic E-state index is -0.273. The number of methoxy groups -OCH3 is 1. The van der Waals surface area contributed by atoms with Gasteiger partial charge in [0, 0.05) is 18.1 Å². The van der Waals surface area contributed by atoms with Crippen LogP contribution in [0.2, 0.25) is 0 Å². The molecule has 4 aromatic rings. The number of nitrogens with zero attached hydrogens (tertiary/aromatic N) is 2. The topological polar surface area (TPSA) is 76.1 Å². The molecule has 144 valence electrons. The molecule has 0 saturated carbocycles. The van der Waals surface area contributed by atoms with Crippen molar-refractivity contribution in [2.75, 3.05) is 17.7 Å². The van der Waals surface area contributed by atoms with E-state index in [4.69, 9.17) is 4.74 Å².